The molecule has 3 aromatic rings. The SMILES string of the molecule is COc1ccc(-c2ncc(-c3nnc(C(F)F)o3)cn2)cc1. The number of hydrogen-bond donors (Lipinski definition) is 0. The zero-order valence-electron chi connectivity index (χ0n) is 11.4. The van der Waals surface area contributed by atoms with Crippen LogP contribution in [0.25, 0.3) is 22.8 Å². The monoisotopic (exact) mass is 304 g/mol. The number of ether oxygens (including phenoxy) is 1. The summed E-state index contributed by atoms with van der Waals surface area (Å²) >= 11 is 0. The predicted octanol–water partition coefficient (Wildman–Crippen LogP) is 3.14. The van der Waals surface area contributed by atoms with Crippen molar-refractivity contribution in [1.29, 1.82) is 0 Å². The lowest BCUT2D eigenvalue weighted by Crippen LogP contribution is -1.90. The van der Waals surface area contributed by atoms with Gasteiger partial charge in [0.1, 0.15) is 5.75 Å². The van der Waals surface area contributed by atoms with Crippen LogP contribution in [-0.4, -0.2) is 27.3 Å². The van der Waals surface area contributed by atoms with Gasteiger partial charge in [0, 0.05) is 18.0 Å². The van der Waals surface area contributed by atoms with Crippen molar-refractivity contribution in [2.75, 3.05) is 7.11 Å². The molecule has 112 valence electrons. The van der Waals surface area contributed by atoms with Crippen LogP contribution in [0.5, 0.6) is 5.75 Å². The molecule has 0 saturated heterocycles. The standard InChI is InChI=1S/C14H10F2N4O2/c1-21-10-4-2-8(3-5-10)12-17-6-9(7-18-12)13-19-20-14(22-13)11(15)16/h2-7,11H,1H3. The van der Waals surface area contributed by atoms with Crippen LogP contribution in [0.3, 0.4) is 0 Å². The first-order valence-electron chi connectivity index (χ1n) is 6.26. The van der Waals surface area contributed by atoms with Gasteiger partial charge in [-0.1, -0.05) is 0 Å². The summed E-state index contributed by atoms with van der Waals surface area (Å²) in [5, 5.41) is 6.80. The van der Waals surface area contributed by atoms with Crippen molar-refractivity contribution >= 4 is 0 Å². The van der Waals surface area contributed by atoms with Gasteiger partial charge in [0.2, 0.25) is 0 Å². The second-order valence-corrected chi connectivity index (χ2v) is 4.27. The Bertz CT molecular complexity index is 757. The number of hydrogen-bond acceptors (Lipinski definition) is 6. The maximum Gasteiger partial charge on any atom is 0.314 e. The maximum absolute atomic E-state index is 12.4. The molecule has 1 aromatic carbocycles. The summed E-state index contributed by atoms with van der Waals surface area (Å²) in [5.41, 5.74) is 1.17. The van der Waals surface area contributed by atoms with Crippen LogP contribution >= 0.6 is 0 Å². The molecule has 0 atom stereocenters. The van der Waals surface area contributed by atoms with Gasteiger partial charge in [-0.05, 0) is 24.3 Å². The fourth-order valence-corrected chi connectivity index (χ4v) is 1.77. The number of benzene rings is 1. The van der Waals surface area contributed by atoms with Crippen LogP contribution in [0, 0.1) is 0 Å². The minimum atomic E-state index is -2.80. The lowest BCUT2D eigenvalue weighted by molar-refractivity contribution is 0.116. The molecule has 0 unspecified atom stereocenters. The van der Waals surface area contributed by atoms with Crippen LogP contribution in [0.15, 0.2) is 41.1 Å². The van der Waals surface area contributed by atoms with Gasteiger partial charge in [-0.3, -0.25) is 0 Å². The first-order valence-corrected chi connectivity index (χ1v) is 6.26. The van der Waals surface area contributed by atoms with Gasteiger partial charge in [0.15, 0.2) is 5.82 Å². The average Bonchev–Trinajstić information content (AvgIpc) is 3.05. The summed E-state index contributed by atoms with van der Waals surface area (Å²) in [7, 11) is 1.58. The van der Waals surface area contributed by atoms with Gasteiger partial charge < -0.3 is 9.15 Å². The van der Waals surface area contributed by atoms with E-state index in [1.807, 2.05) is 12.1 Å². The van der Waals surface area contributed by atoms with E-state index in [0.29, 0.717) is 11.4 Å². The van der Waals surface area contributed by atoms with E-state index in [1.165, 1.54) is 12.4 Å². The third-order valence-electron chi connectivity index (χ3n) is 2.87. The number of nitrogens with zero attached hydrogens (tertiary/aromatic N) is 4. The highest BCUT2D eigenvalue weighted by Gasteiger charge is 2.17. The molecule has 6 nitrogen and oxygen atoms in total. The highest BCUT2D eigenvalue weighted by molar-refractivity contribution is 5.58. The zero-order valence-corrected chi connectivity index (χ0v) is 11.4. The minimum Gasteiger partial charge on any atom is -0.497 e. The highest BCUT2D eigenvalue weighted by atomic mass is 19.3. The Hall–Kier alpha value is -2.90. The molecule has 0 spiro atoms. The quantitative estimate of drug-likeness (QED) is 0.737. The number of rotatable bonds is 4. The van der Waals surface area contributed by atoms with E-state index in [1.54, 1.807) is 19.2 Å². The van der Waals surface area contributed by atoms with Gasteiger partial charge in [0.05, 0.1) is 12.7 Å². The molecule has 0 fully saturated rings. The van der Waals surface area contributed by atoms with Crippen molar-refractivity contribution in [2.24, 2.45) is 0 Å². The third kappa shape index (κ3) is 2.76. The van der Waals surface area contributed by atoms with Gasteiger partial charge in [-0.2, -0.15) is 8.78 Å². The van der Waals surface area contributed by atoms with Crippen molar-refractivity contribution in [3.63, 3.8) is 0 Å². The molecule has 2 aromatic heterocycles. The molecule has 0 radical (unpaired) electrons. The molecule has 0 amide bonds. The first-order chi connectivity index (χ1) is 10.7. The topological polar surface area (TPSA) is 73.9 Å². The predicted molar refractivity (Wildman–Crippen MR) is 72.3 cm³/mol. The lowest BCUT2D eigenvalue weighted by atomic mass is 10.2. The minimum absolute atomic E-state index is 0.0448. The third-order valence-corrected chi connectivity index (χ3v) is 2.87. The fraction of sp³-hybridized carbons (Fsp3) is 0.143. The van der Waals surface area contributed by atoms with Crippen molar-refractivity contribution in [3.8, 4) is 28.6 Å². The van der Waals surface area contributed by atoms with Crippen LogP contribution in [0.1, 0.15) is 12.3 Å². The molecule has 2 heterocycles. The van der Waals surface area contributed by atoms with E-state index < -0.39 is 12.3 Å². The Morgan fingerprint density at radius 2 is 1.68 bits per heavy atom. The lowest BCUT2D eigenvalue weighted by Gasteiger charge is -2.02. The molecule has 0 aliphatic carbocycles. The van der Waals surface area contributed by atoms with E-state index in [4.69, 9.17) is 9.15 Å². The Kier molecular flexibility index (Phi) is 3.73. The van der Waals surface area contributed by atoms with Crippen molar-refractivity contribution < 1.29 is 17.9 Å². The summed E-state index contributed by atoms with van der Waals surface area (Å²) in [6.07, 6.45) is 0.0748. The Morgan fingerprint density at radius 3 is 2.23 bits per heavy atom. The van der Waals surface area contributed by atoms with E-state index in [9.17, 15) is 8.78 Å². The maximum atomic E-state index is 12.4. The van der Waals surface area contributed by atoms with E-state index in [2.05, 4.69) is 20.2 Å². The molecule has 3 rings (SSSR count). The molecule has 8 heteroatoms. The second kappa shape index (κ2) is 5.84. The Labute approximate surface area is 123 Å². The van der Waals surface area contributed by atoms with Crippen LogP contribution in [-0.2, 0) is 0 Å². The van der Waals surface area contributed by atoms with E-state index in [-0.39, 0.29) is 5.89 Å². The van der Waals surface area contributed by atoms with Crippen LogP contribution in [0.4, 0.5) is 8.78 Å². The van der Waals surface area contributed by atoms with Crippen LogP contribution < -0.4 is 4.74 Å². The van der Waals surface area contributed by atoms with Crippen LogP contribution in [0.2, 0.25) is 0 Å². The number of aromatic nitrogens is 4. The van der Waals surface area contributed by atoms with Crippen molar-refractivity contribution in [1.82, 2.24) is 20.2 Å². The van der Waals surface area contributed by atoms with Gasteiger partial charge in [-0.15, -0.1) is 10.2 Å². The average molecular weight is 304 g/mol. The summed E-state index contributed by atoms with van der Waals surface area (Å²) < 4.78 is 34.7. The number of halogens is 2. The summed E-state index contributed by atoms with van der Waals surface area (Å²) in [6, 6.07) is 7.21. The van der Waals surface area contributed by atoms with E-state index >= 15 is 0 Å². The molecular weight excluding hydrogens is 294 g/mol. The molecule has 0 bridgehead atoms. The Balaban J connectivity index is 1.84. The highest BCUT2D eigenvalue weighted by Crippen LogP contribution is 2.24. The normalized spacial score (nSPS) is 10.9. The van der Waals surface area contributed by atoms with Gasteiger partial charge in [0.25, 0.3) is 11.8 Å². The molecule has 22 heavy (non-hydrogen) atoms. The van der Waals surface area contributed by atoms with Crippen molar-refractivity contribution in [2.45, 2.75) is 6.43 Å². The molecule has 0 aliphatic rings. The number of alkyl halides is 2. The second-order valence-electron chi connectivity index (χ2n) is 4.27. The largest absolute Gasteiger partial charge is 0.497 e. The first kappa shape index (κ1) is 14.1. The summed E-state index contributed by atoms with van der Waals surface area (Å²) in [4.78, 5) is 8.34. The molecule has 0 saturated carbocycles. The zero-order chi connectivity index (χ0) is 15.5. The number of methoxy groups -OCH3 is 1. The molecule has 0 N–H and O–H groups in total. The van der Waals surface area contributed by atoms with Crippen molar-refractivity contribution in [3.05, 3.63) is 42.5 Å². The smallest absolute Gasteiger partial charge is 0.314 e. The summed E-state index contributed by atoms with van der Waals surface area (Å²) in [6.45, 7) is 0. The molecular formula is C14H10F2N4O2. The summed E-state index contributed by atoms with van der Waals surface area (Å²) in [5.74, 6) is 0.441. The Morgan fingerprint density at radius 1 is 1.00 bits per heavy atom. The van der Waals surface area contributed by atoms with Gasteiger partial charge in [-0.25, -0.2) is 9.97 Å². The molecule has 0 aliphatic heterocycles. The van der Waals surface area contributed by atoms with Gasteiger partial charge >= 0.3 is 6.43 Å². The van der Waals surface area contributed by atoms with E-state index in [0.717, 1.165) is 11.3 Å². The fourth-order valence-electron chi connectivity index (χ4n) is 1.77.